The number of carbonyl (C=O) groups excluding carboxylic acids is 3. The van der Waals surface area contributed by atoms with Crippen molar-refractivity contribution in [2.75, 3.05) is 13.2 Å². The van der Waals surface area contributed by atoms with Crippen molar-refractivity contribution in [2.24, 2.45) is 0 Å². The maximum Gasteiger partial charge on any atom is 0.255 e. The number of hydrogen-bond donors (Lipinski definition) is 3. The molecule has 4 rings (SSSR count). The first-order valence-electron chi connectivity index (χ1n) is 10.7. The first-order chi connectivity index (χ1) is 14.3. The highest BCUT2D eigenvalue weighted by atomic mass is 16.5. The fourth-order valence-electron chi connectivity index (χ4n) is 4.57. The molecule has 2 fully saturated rings. The van der Waals surface area contributed by atoms with Crippen molar-refractivity contribution in [3.05, 3.63) is 34.9 Å². The van der Waals surface area contributed by atoms with Crippen molar-refractivity contribution in [1.29, 1.82) is 0 Å². The van der Waals surface area contributed by atoms with Gasteiger partial charge in [0.25, 0.3) is 5.91 Å². The molecule has 3 aliphatic rings. The molecule has 0 spiro atoms. The Morgan fingerprint density at radius 3 is 2.83 bits per heavy atom. The van der Waals surface area contributed by atoms with Crippen LogP contribution in [-0.4, -0.2) is 53.6 Å². The average Bonchev–Trinajstić information content (AvgIpc) is 3.21. The van der Waals surface area contributed by atoms with E-state index >= 15 is 0 Å². The molecule has 0 aromatic heterocycles. The summed E-state index contributed by atoms with van der Waals surface area (Å²) in [5, 5.41) is 9.26. The van der Waals surface area contributed by atoms with Gasteiger partial charge in [-0.15, -0.1) is 0 Å². The second-order valence-corrected chi connectivity index (χ2v) is 8.83. The van der Waals surface area contributed by atoms with Gasteiger partial charge in [-0.1, -0.05) is 18.2 Å². The SMILES string of the molecule is CC1(C)N[C@H](CCCNCc2cccc3c2C(=O)N(C2CCC(=O)NC2=O)C3)CO1. The maximum atomic E-state index is 13.1. The summed E-state index contributed by atoms with van der Waals surface area (Å²) in [7, 11) is 0. The third kappa shape index (κ3) is 4.40. The number of ether oxygens (including phenoxy) is 1. The third-order valence-corrected chi connectivity index (χ3v) is 6.06. The molecule has 1 unspecified atom stereocenters. The van der Waals surface area contributed by atoms with Crippen LogP contribution in [0.1, 0.15) is 61.0 Å². The molecule has 0 aliphatic carbocycles. The largest absolute Gasteiger partial charge is 0.360 e. The third-order valence-electron chi connectivity index (χ3n) is 6.06. The molecule has 0 saturated carbocycles. The van der Waals surface area contributed by atoms with Crippen LogP contribution in [0.25, 0.3) is 0 Å². The van der Waals surface area contributed by atoms with Crippen molar-refractivity contribution in [3.8, 4) is 0 Å². The van der Waals surface area contributed by atoms with Crippen molar-refractivity contribution in [3.63, 3.8) is 0 Å². The van der Waals surface area contributed by atoms with E-state index in [2.05, 4.69) is 16.0 Å². The van der Waals surface area contributed by atoms with Gasteiger partial charge < -0.3 is 15.0 Å². The van der Waals surface area contributed by atoms with Gasteiger partial charge in [0.2, 0.25) is 11.8 Å². The fraction of sp³-hybridized carbons (Fsp3) is 0.591. The average molecular weight is 415 g/mol. The van der Waals surface area contributed by atoms with Crippen LogP contribution in [0, 0.1) is 0 Å². The predicted molar refractivity (Wildman–Crippen MR) is 110 cm³/mol. The Morgan fingerprint density at radius 2 is 2.10 bits per heavy atom. The Hall–Kier alpha value is -2.29. The van der Waals surface area contributed by atoms with Gasteiger partial charge in [-0.05, 0) is 50.8 Å². The van der Waals surface area contributed by atoms with E-state index in [-0.39, 0.29) is 29.9 Å². The monoisotopic (exact) mass is 414 g/mol. The van der Waals surface area contributed by atoms with Crippen LogP contribution < -0.4 is 16.0 Å². The van der Waals surface area contributed by atoms with Gasteiger partial charge in [-0.25, -0.2) is 0 Å². The first-order valence-corrected chi connectivity index (χ1v) is 10.7. The zero-order valence-corrected chi connectivity index (χ0v) is 17.6. The highest BCUT2D eigenvalue weighted by Crippen LogP contribution is 2.29. The van der Waals surface area contributed by atoms with Crippen LogP contribution in [0.4, 0.5) is 0 Å². The number of piperidine rings is 1. The fourth-order valence-corrected chi connectivity index (χ4v) is 4.57. The van der Waals surface area contributed by atoms with Crippen LogP contribution in [0.15, 0.2) is 18.2 Å². The number of rotatable bonds is 7. The maximum absolute atomic E-state index is 13.1. The summed E-state index contributed by atoms with van der Waals surface area (Å²) in [4.78, 5) is 38.3. The minimum atomic E-state index is -0.575. The van der Waals surface area contributed by atoms with Gasteiger partial charge in [0.1, 0.15) is 11.8 Å². The quantitative estimate of drug-likeness (QED) is 0.455. The number of hydrogen-bond acceptors (Lipinski definition) is 6. The molecule has 3 N–H and O–H groups in total. The molecule has 1 aromatic carbocycles. The molecule has 162 valence electrons. The zero-order valence-electron chi connectivity index (χ0n) is 17.6. The molecule has 8 heteroatoms. The minimum absolute atomic E-state index is 0.119. The molecule has 3 heterocycles. The number of benzene rings is 1. The van der Waals surface area contributed by atoms with Crippen LogP contribution >= 0.6 is 0 Å². The van der Waals surface area contributed by atoms with E-state index in [1.165, 1.54) is 0 Å². The summed E-state index contributed by atoms with van der Waals surface area (Å²) in [5.74, 6) is -0.764. The summed E-state index contributed by atoms with van der Waals surface area (Å²) in [6.45, 7) is 6.69. The summed E-state index contributed by atoms with van der Waals surface area (Å²) in [6, 6.07) is 5.67. The van der Waals surface area contributed by atoms with Crippen molar-refractivity contribution in [2.45, 2.75) is 70.4 Å². The van der Waals surface area contributed by atoms with E-state index < -0.39 is 6.04 Å². The Balaban J connectivity index is 1.31. The Labute approximate surface area is 176 Å². The lowest BCUT2D eigenvalue weighted by Crippen LogP contribution is -2.52. The normalized spacial score (nSPS) is 25.5. The molecular weight excluding hydrogens is 384 g/mol. The second kappa shape index (κ2) is 8.45. The molecule has 0 radical (unpaired) electrons. The van der Waals surface area contributed by atoms with Crippen LogP contribution in [-0.2, 0) is 27.4 Å². The van der Waals surface area contributed by atoms with E-state index in [1.807, 2.05) is 32.0 Å². The molecule has 30 heavy (non-hydrogen) atoms. The zero-order chi connectivity index (χ0) is 21.3. The number of nitrogens with one attached hydrogen (secondary N) is 3. The minimum Gasteiger partial charge on any atom is -0.360 e. The molecule has 1 aromatic rings. The molecular formula is C22H30N4O4. The molecule has 2 saturated heterocycles. The van der Waals surface area contributed by atoms with Crippen molar-refractivity contribution < 1.29 is 19.1 Å². The molecule has 3 amide bonds. The van der Waals surface area contributed by atoms with Crippen molar-refractivity contribution in [1.82, 2.24) is 20.9 Å². The van der Waals surface area contributed by atoms with Crippen LogP contribution in [0.3, 0.4) is 0 Å². The Kier molecular flexibility index (Phi) is 5.90. The number of nitrogens with zero attached hydrogens (tertiary/aromatic N) is 1. The number of imide groups is 1. The Bertz CT molecular complexity index is 854. The van der Waals surface area contributed by atoms with Crippen molar-refractivity contribution >= 4 is 17.7 Å². The van der Waals surface area contributed by atoms with E-state index in [0.717, 1.165) is 37.1 Å². The lowest BCUT2D eigenvalue weighted by atomic mass is 10.0. The summed E-state index contributed by atoms with van der Waals surface area (Å²) in [5.41, 5.74) is 2.36. The summed E-state index contributed by atoms with van der Waals surface area (Å²) in [6.07, 6.45) is 2.70. The lowest BCUT2D eigenvalue weighted by molar-refractivity contribution is -0.136. The topological polar surface area (TPSA) is 99.8 Å². The lowest BCUT2D eigenvalue weighted by Gasteiger charge is -2.29. The molecule has 3 aliphatic heterocycles. The number of amides is 3. The van der Waals surface area contributed by atoms with Gasteiger partial charge >= 0.3 is 0 Å². The Morgan fingerprint density at radius 1 is 1.27 bits per heavy atom. The van der Waals surface area contributed by atoms with Gasteiger partial charge in [0.05, 0.1) is 6.61 Å². The second-order valence-electron chi connectivity index (χ2n) is 8.83. The highest BCUT2D eigenvalue weighted by molar-refractivity contribution is 6.05. The molecule has 8 nitrogen and oxygen atoms in total. The van der Waals surface area contributed by atoms with E-state index in [1.54, 1.807) is 4.90 Å². The first kappa shape index (κ1) is 21.0. The van der Waals surface area contributed by atoms with E-state index in [0.29, 0.717) is 31.1 Å². The summed E-state index contributed by atoms with van der Waals surface area (Å²) < 4.78 is 5.69. The smallest absolute Gasteiger partial charge is 0.255 e. The van der Waals surface area contributed by atoms with E-state index in [9.17, 15) is 14.4 Å². The van der Waals surface area contributed by atoms with Crippen LogP contribution in [0.5, 0.6) is 0 Å². The van der Waals surface area contributed by atoms with Gasteiger partial charge in [0.15, 0.2) is 0 Å². The van der Waals surface area contributed by atoms with E-state index in [4.69, 9.17) is 4.74 Å². The molecule has 0 bridgehead atoms. The van der Waals surface area contributed by atoms with Gasteiger partial charge in [-0.3, -0.25) is 25.0 Å². The van der Waals surface area contributed by atoms with Gasteiger partial charge in [-0.2, -0.15) is 0 Å². The van der Waals surface area contributed by atoms with Crippen LogP contribution in [0.2, 0.25) is 0 Å². The predicted octanol–water partition coefficient (Wildman–Crippen LogP) is 1.04. The standard InChI is InChI=1S/C22H30N4O4/c1-22(2)25-16(13-30-22)7-4-10-23-11-14-5-3-6-15-12-26(21(29)19(14)15)17-8-9-18(27)24-20(17)28/h3,5-6,16-17,23,25H,4,7-13H2,1-2H3,(H,24,27,28)/t16-,17?/m1/s1. The molecule has 2 atom stereocenters. The highest BCUT2D eigenvalue weighted by Gasteiger charge is 2.39. The number of carbonyl (C=O) groups is 3. The van der Waals surface area contributed by atoms with Gasteiger partial charge in [0, 0.05) is 31.1 Å². The summed E-state index contributed by atoms with van der Waals surface area (Å²) >= 11 is 0. The number of fused-ring (bicyclic) bond motifs is 1.